The van der Waals surface area contributed by atoms with E-state index in [1.807, 2.05) is 0 Å². The molecule has 7 heteroatoms. The van der Waals surface area contributed by atoms with Crippen LogP contribution in [0.4, 0.5) is 0 Å². The molecule has 0 aliphatic heterocycles. The third-order valence-corrected chi connectivity index (χ3v) is 11.8. The molecule has 59 heavy (non-hydrogen) atoms. The van der Waals surface area contributed by atoms with Crippen LogP contribution < -0.4 is 10.2 Å². The molecule has 0 spiro atoms. The first kappa shape index (κ1) is 56.6. The molecule has 0 saturated heterocycles. The van der Waals surface area contributed by atoms with Gasteiger partial charge in [0.25, 0.3) is 0 Å². The van der Waals surface area contributed by atoms with Gasteiger partial charge in [0.2, 0.25) is 0 Å². The summed E-state index contributed by atoms with van der Waals surface area (Å²) >= 11 is 1.40. The topological polar surface area (TPSA) is 80.3 Å². The molecule has 0 aliphatic rings. The van der Waals surface area contributed by atoms with Crippen molar-refractivity contribution in [2.75, 3.05) is 55.4 Å². The number of benzene rings is 2. The average Bonchev–Trinajstić information content (AvgIpc) is 3.18. The lowest BCUT2D eigenvalue weighted by Gasteiger charge is -2.23. The second-order valence-corrected chi connectivity index (χ2v) is 20.1. The molecule has 6 nitrogen and oxygen atoms in total. The highest BCUT2D eigenvalue weighted by atomic mass is 32.2. The highest BCUT2D eigenvalue weighted by Crippen LogP contribution is 2.28. The number of carbonyl (C=O) groups excluding carboxylic acids is 2. The molecule has 0 amide bonds. The average molecular weight is 841 g/mol. The number of quaternary nitrogens is 2. The van der Waals surface area contributed by atoms with Crippen LogP contribution in [-0.4, -0.2) is 76.3 Å². The Morgan fingerprint density at radius 3 is 0.763 bits per heavy atom. The fraction of sp³-hybridized carbons (Fsp3) is 0.731. The summed E-state index contributed by atoms with van der Waals surface area (Å²) in [5.41, 5.74) is 0.244. The van der Waals surface area contributed by atoms with Crippen molar-refractivity contribution in [2.24, 2.45) is 0 Å². The van der Waals surface area contributed by atoms with E-state index in [9.17, 15) is 19.8 Å². The van der Waals surface area contributed by atoms with Crippen LogP contribution in [0.15, 0.2) is 58.3 Å². The van der Waals surface area contributed by atoms with Crippen LogP contribution in [0.3, 0.4) is 0 Å². The third kappa shape index (κ3) is 39.5. The van der Waals surface area contributed by atoms with Crippen LogP contribution in [0.1, 0.15) is 214 Å². The maximum Gasteiger partial charge on any atom is 0.0780 e. The molecular formula is C52H92N2O4S. The highest BCUT2D eigenvalue weighted by molar-refractivity contribution is 7.99. The van der Waals surface area contributed by atoms with Gasteiger partial charge in [0.1, 0.15) is 0 Å². The number of hydrogen-bond acceptors (Lipinski definition) is 5. The SMILES string of the molecule is CCCCCCCCCCCCCCCC[N+](C)(C)C.CCCCCCCCCCCCCCCC[N+](C)(C)C.O=C([O-])c1ccc(Sc2ccc(C(=O)[O-])cc2)cc1. The van der Waals surface area contributed by atoms with Gasteiger partial charge in [0.15, 0.2) is 0 Å². The zero-order chi connectivity index (χ0) is 44.0. The summed E-state index contributed by atoms with van der Waals surface area (Å²) < 4.78 is 2.25. The first-order valence-corrected chi connectivity index (χ1v) is 24.9. The second-order valence-electron chi connectivity index (χ2n) is 18.9. The van der Waals surface area contributed by atoms with E-state index in [1.54, 1.807) is 24.3 Å². The fourth-order valence-corrected chi connectivity index (χ4v) is 7.83. The lowest BCUT2D eigenvalue weighted by Crippen LogP contribution is -2.35. The normalized spacial score (nSPS) is 11.4. The zero-order valence-electron chi connectivity index (χ0n) is 39.8. The molecule has 0 N–H and O–H groups in total. The summed E-state index contributed by atoms with van der Waals surface area (Å²) in [6.45, 7) is 7.25. The first-order valence-electron chi connectivity index (χ1n) is 24.1. The molecule has 0 heterocycles. The molecule has 0 fully saturated rings. The number of carbonyl (C=O) groups is 2. The molecule has 340 valence electrons. The van der Waals surface area contributed by atoms with Gasteiger partial charge in [-0.2, -0.15) is 0 Å². The van der Waals surface area contributed by atoms with Crippen LogP contribution in [0.25, 0.3) is 0 Å². The Hall–Kier alpha value is -2.35. The molecule has 0 atom stereocenters. The third-order valence-electron chi connectivity index (χ3n) is 10.8. The molecule has 0 radical (unpaired) electrons. The number of carboxylic acids is 2. The minimum Gasteiger partial charge on any atom is -0.545 e. The van der Waals surface area contributed by atoms with Crippen LogP contribution >= 0.6 is 11.8 Å². The molecule has 0 aliphatic carbocycles. The van der Waals surface area contributed by atoms with E-state index < -0.39 is 11.9 Å². The summed E-state index contributed by atoms with van der Waals surface area (Å²) in [6.07, 6.45) is 40.7. The lowest BCUT2D eigenvalue weighted by molar-refractivity contribution is -0.870. The highest BCUT2D eigenvalue weighted by Gasteiger charge is 2.06. The summed E-state index contributed by atoms with van der Waals surface area (Å²) in [7, 11) is 13.8. The Morgan fingerprint density at radius 2 is 0.576 bits per heavy atom. The number of rotatable bonds is 34. The number of unbranched alkanes of at least 4 members (excludes halogenated alkanes) is 26. The Balaban J connectivity index is 0.000000855. The molecule has 2 aromatic rings. The predicted molar refractivity (Wildman–Crippen MR) is 252 cm³/mol. The van der Waals surface area contributed by atoms with Crippen molar-refractivity contribution < 1.29 is 28.8 Å². The first-order chi connectivity index (χ1) is 28.2. The number of aromatic carboxylic acids is 2. The zero-order valence-corrected chi connectivity index (χ0v) is 40.6. The van der Waals surface area contributed by atoms with Crippen molar-refractivity contribution in [3.8, 4) is 0 Å². The van der Waals surface area contributed by atoms with Gasteiger partial charge in [-0.1, -0.05) is 204 Å². The number of carboxylic acid groups (broad SMARTS) is 2. The van der Waals surface area contributed by atoms with Gasteiger partial charge < -0.3 is 28.8 Å². The molecule has 2 aromatic carbocycles. The van der Waals surface area contributed by atoms with Crippen LogP contribution in [0, 0.1) is 0 Å². The molecule has 0 aromatic heterocycles. The summed E-state index contributed by atoms with van der Waals surface area (Å²) in [5.74, 6) is -2.43. The lowest BCUT2D eigenvalue weighted by atomic mass is 10.0. The van der Waals surface area contributed by atoms with E-state index in [2.05, 4.69) is 56.1 Å². The van der Waals surface area contributed by atoms with Crippen molar-refractivity contribution >= 4 is 23.7 Å². The molecule has 0 bridgehead atoms. The van der Waals surface area contributed by atoms with Gasteiger partial charge in [-0.3, -0.25) is 0 Å². The molecule has 0 saturated carbocycles. The van der Waals surface area contributed by atoms with E-state index in [4.69, 9.17) is 0 Å². The van der Waals surface area contributed by atoms with Crippen molar-refractivity contribution in [1.29, 1.82) is 0 Å². The van der Waals surface area contributed by atoms with Crippen LogP contribution in [-0.2, 0) is 0 Å². The van der Waals surface area contributed by atoms with Gasteiger partial charge in [-0.25, -0.2) is 0 Å². The molecule has 0 unspecified atom stereocenters. The van der Waals surface area contributed by atoms with Crippen LogP contribution in [0.5, 0.6) is 0 Å². The fourth-order valence-electron chi connectivity index (χ4n) is 7.02. The minimum absolute atomic E-state index is 0.122. The van der Waals surface area contributed by atoms with Crippen molar-refractivity contribution in [2.45, 2.75) is 203 Å². The van der Waals surface area contributed by atoms with E-state index in [-0.39, 0.29) is 11.1 Å². The Morgan fingerprint density at radius 1 is 0.373 bits per heavy atom. The monoisotopic (exact) mass is 841 g/mol. The minimum atomic E-state index is -1.21. The van der Waals surface area contributed by atoms with Gasteiger partial charge >= 0.3 is 0 Å². The van der Waals surface area contributed by atoms with Gasteiger partial charge in [0, 0.05) is 9.79 Å². The maximum absolute atomic E-state index is 10.6. The van der Waals surface area contributed by atoms with Gasteiger partial charge in [0.05, 0.1) is 67.3 Å². The standard InChI is InChI=1S/2C19H42N.C14H10O4S/c2*1-5-6-7-8-9-10-11-12-13-14-15-16-17-18-19-20(2,3)4;15-13(16)9-1-5-11(6-2-9)19-12-7-3-10(4-8-12)14(17)18/h2*5-19H2,1-4H3;1-8H,(H,15,16)(H,17,18)/q2*+1;/p-2. The Labute approximate surface area is 369 Å². The van der Waals surface area contributed by atoms with Gasteiger partial charge in [-0.15, -0.1) is 0 Å². The van der Waals surface area contributed by atoms with E-state index in [1.165, 1.54) is 229 Å². The smallest absolute Gasteiger partial charge is 0.0780 e. The summed E-state index contributed by atoms with van der Waals surface area (Å²) in [5, 5.41) is 21.2. The molecular weight excluding hydrogens is 749 g/mol. The van der Waals surface area contributed by atoms with Crippen molar-refractivity contribution in [3.05, 3.63) is 59.7 Å². The number of nitrogens with zero attached hydrogens (tertiary/aromatic N) is 2. The largest absolute Gasteiger partial charge is 0.545 e. The quantitative estimate of drug-likeness (QED) is 0.0518. The summed E-state index contributed by atoms with van der Waals surface area (Å²) in [6, 6.07) is 12.5. The number of hydrogen-bond donors (Lipinski definition) is 0. The van der Waals surface area contributed by atoms with Crippen molar-refractivity contribution in [3.63, 3.8) is 0 Å². The second kappa shape index (κ2) is 37.4. The Bertz CT molecular complexity index is 1150. The van der Waals surface area contributed by atoms with Crippen molar-refractivity contribution in [1.82, 2.24) is 0 Å². The maximum atomic E-state index is 10.6. The van der Waals surface area contributed by atoms with E-state index in [0.29, 0.717) is 0 Å². The Kier molecular flexibility index (Phi) is 35.9. The molecule has 2 rings (SSSR count). The van der Waals surface area contributed by atoms with Gasteiger partial charge in [-0.05, 0) is 61.1 Å². The summed E-state index contributed by atoms with van der Waals surface area (Å²) in [4.78, 5) is 22.9. The van der Waals surface area contributed by atoms with Crippen LogP contribution in [0.2, 0.25) is 0 Å². The van der Waals surface area contributed by atoms with E-state index >= 15 is 0 Å². The predicted octanol–water partition coefficient (Wildman–Crippen LogP) is 12.9. The van der Waals surface area contributed by atoms with E-state index in [0.717, 1.165) is 18.8 Å².